The fraction of sp³-hybridized carbons (Fsp3) is 0.909. The van der Waals surface area contributed by atoms with Gasteiger partial charge in [-0.2, -0.15) is 0 Å². The smallest absolute Gasteiger partial charge is 0.229 e. The van der Waals surface area contributed by atoms with E-state index in [0.29, 0.717) is 18.4 Å². The van der Waals surface area contributed by atoms with E-state index in [-0.39, 0.29) is 11.8 Å². The lowest BCUT2D eigenvalue weighted by molar-refractivity contribution is -0.137. The number of halogens is 1. The van der Waals surface area contributed by atoms with E-state index in [0.717, 1.165) is 26.1 Å². The molecule has 4 heteroatoms. The third-order valence-electron chi connectivity index (χ3n) is 3.93. The quantitative estimate of drug-likeness (QED) is 0.688. The lowest BCUT2D eigenvalue weighted by Crippen LogP contribution is -2.48. The molecule has 1 amide bonds. The van der Waals surface area contributed by atoms with Crippen molar-refractivity contribution in [2.24, 2.45) is 11.8 Å². The highest BCUT2D eigenvalue weighted by molar-refractivity contribution is 5.82. The number of nitrogens with one attached hydrogen (secondary N) is 1. The Balaban J connectivity index is 1.72. The summed E-state index contributed by atoms with van der Waals surface area (Å²) in [5.74, 6) is 0.356. The normalized spacial score (nSPS) is 43.9. The molecule has 0 radical (unpaired) electrons. The van der Waals surface area contributed by atoms with Crippen LogP contribution in [0.5, 0.6) is 0 Å². The molecule has 0 aromatic heterocycles. The molecule has 3 saturated heterocycles. The van der Waals surface area contributed by atoms with Crippen molar-refractivity contribution < 1.29 is 9.18 Å². The van der Waals surface area contributed by atoms with Crippen molar-refractivity contribution >= 4 is 5.91 Å². The van der Waals surface area contributed by atoms with E-state index in [1.807, 2.05) is 4.90 Å². The third-order valence-corrected chi connectivity index (χ3v) is 3.93. The molecule has 1 N–H and O–H groups in total. The second-order valence-corrected chi connectivity index (χ2v) is 5.10. The minimum absolute atomic E-state index is 0.0703. The van der Waals surface area contributed by atoms with Crippen LogP contribution in [0.2, 0.25) is 0 Å². The van der Waals surface area contributed by atoms with Gasteiger partial charge in [-0.25, -0.2) is 4.39 Å². The number of rotatable bonds is 1. The summed E-state index contributed by atoms with van der Waals surface area (Å²) in [6.45, 7) is 2.76. The van der Waals surface area contributed by atoms with Crippen molar-refractivity contribution in [3.63, 3.8) is 0 Å². The largest absolute Gasteiger partial charge is 0.338 e. The summed E-state index contributed by atoms with van der Waals surface area (Å²) in [6.07, 6.45) is 1.91. The Labute approximate surface area is 89.0 Å². The minimum atomic E-state index is -0.854. The van der Waals surface area contributed by atoms with Crippen LogP contribution in [-0.2, 0) is 4.79 Å². The van der Waals surface area contributed by atoms with Crippen molar-refractivity contribution in [3.8, 4) is 0 Å². The van der Waals surface area contributed by atoms with Crippen LogP contribution in [0.3, 0.4) is 0 Å². The summed E-state index contributed by atoms with van der Waals surface area (Å²) < 4.78 is 12.9. The fourth-order valence-corrected chi connectivity index (χ4v) is 2.84. The molecule has 0 spiro atoms. The lowest BCUT2D eigenvalue weighted by Gasteiger charge is -2.36. The molecule has 15 heavy (non-hydrogen) atoms. The number of fused-ring (bicyclic) bond motifs is 4. The van der Waals surface area contributed by atoms with Crippen molar-refractivity contribution in [3.05, 3.63) is 0 Å². The molecule has 2 bridgehead atoms. The number of hydrogen-bond acceptors (Lipinski definition) is 2. The first-order valence-electron chi connectivity index (χ1n) is 5.91. The monoisotopic (exact) mass is 212 g/mol. The van der Waals surface area contributed by atoms with Gasteiger partial charge in [0.1, 0.15) is 6.17 Å². The molecule has 1 saturated carbocycles. The van der Waals surface area contributed by atoms with Gasteiger partial charge in [-0.1, -0.05) is 0 Å². The molecular formula is C11H17FN2O. The highest BCUT2D eigenvalue weighted by atomic mass is 19.1. The Morgan fingerprint density at radius 2 is 2.13 bits per heavy atom. The zero-order valence-corrected chi connectivity index (χ0v) is 8.79. The molecule has 3 heterocycles. The van der Waals surface area contributed by atoms with Gasteiger partial charge in [-0.3, -0.25) is 4.79 Å². The number of piperidine rings is 1. The molecular weight excluding hydrogens is 195 g/mol. The highest BCUT2D eigenvalue weighted by Gasteiger charge is 2.48. The molecule has 2 unspecified atom stereocenters. The number of nitrogens with zero attached hydrogens (tertiary/aromatic N) is 1. The molecule has 4 aliphatic rings. The van der Waals surface area contributed by atoms with E-state index in [1.54, 1.807) is 0 Å². The number of carbonyl (C=O) groups excluding carboxylic acids is 1. The van der Waals surface area contributed by atoms with Gasteiger partial charge < -0.3 is 10.2 Å². The van der Waals surface area contributed by atoms with Crippen LogP contribution in [0.1, 0.15) is 19.3 Å². The first-order chi connectivity index (χ1) is 7.25. The van der Waals surface area contributed by atoms with Gasteiger partial charge in [-0.15, -0.1) is 0 Å². The Morgan fingerprint density at radius 3 is 2.87 bits per heavy atom. The van der Waals surface area contributed by atoms with Crippen LogP contribution in [0.4, 0.5) is 4.39 Å². The van der Waals surface area contributed by atoms with Gasteiger partial charge in [0.05, 0.1) is 5.92 Å². The van der Waals surface area contributed by atoms with Gasteiger partial charge >= 0.3 is 0 Å². The van der Waals surface area contributed by atoms with Gasteiger partial charge in [0.15, 0.2) is 0 Å². The maximum Gasteiger partial charge on any atom is 0.229 e. The van der Waals surface area contributed by atoms with Crippen molar-refractivity contribution in [1.29, 1.82) is 0 Å². The number of amides is 1. The van der Waals surface area contributed by atoms with Gasteiger partial charge in [0.25, 0.3) is 0 Å². The molecule has 3 aliphatic heterocycles. The van der Waals surface area contributed by atoms with E-state index in [2.05, 4.69) is 5.32 Å². The van der Waals surface area contributed by atoms with Crippen molar-refractivity contribution in [2.45, 2.75) is 31.5 Å². The van der Waals surface area contributed by atoms with E-state index < -0.39 is 6.17 Å². The summed E-state index contributed by atoms with van der Waals surface area (Å²) in [5.41, 5.74) is 0. The van der Waals surface area contributed by atoms with Gasteiger partial charge in [-0.05, 0) is 31.7 Å². The summed E-state index contributed by atoms with van der Waals surface area (Å²) in [7, 11) is 0. The zero-order valence-electron chi connectivity index (χ0n) is 8.79. The predicted molar refractivity (Wildman–Crippen MR) is 54.1 cm³/mol. The summed E-state index contributed by atoms with van der Waals surface area (Å²) in [5, 5.41) is 3.38. The molecule has 1 aliphatic carbocycles. The van der Waals surface area contributed by atoms with Crippen LogP contribution < -0.4 is 5.32 Å². The Hall–Kier alpha value is -0.640. The molecule has 4 atom stereocenters. The van der Waals surface area contributed by atoms with E-state index in [4.69, 9.17) is 0 Å². The predicted octanol–water partition coefficient (Wildman–Crippen LogP) is 0.555. The fourth-order valence-electron chi connectivity index (χ4n) is 2.84. The Bertz CT molecular complexity index is 280. The summed E-state index contributed by atoms with van der Waals surface area (Å²) >= 11 is 0. The van der Waals surface area contributed by atoms with Crippen molar-refractivity contribution in [1.82, 2.24) is 10.2 Å². The number of alkyl halides is 1. The molecule has 0 aromatic rings. The highest BCUT2D eigenvalue weighted by Crippen LogP contribution is 2.37. The SMILES string of the molecule is O=C(C1C[C@H]1F)N1C[C@H]2CCC1CNC2. The van der Waals surface area contributed by atoms with Crippen molar-refractivity contribution in [2.75, 3.05) is 19.6 Å². The Morgan fingerprint density at radius 1 is 1.33 bits per heavy atom. The van der Waals surface area contributed by atoms with E-state index >= 15 is 0 Å². The average Bonchev–Trinajstić information content (AvgIpc) is 3.00. The second-order valence-electron chi connectivity index (χ2n) is 5.10. The average molecular weight is 212 g/mol. The second kappa shape index (κ2) is 3.44. The lowest BCUT2D eigenvalue weighted by atomic mass is 9.94. The van der Waals surface area contributed by atoms with Gasteiger partial charge in [0, 0.05) is 19.1 Å². The molecule has 84 valence electrons. The molecule has 3 nitrogen and oxygen atoms in total. The van der Waals surface area contributed by atoms with Gasteiger partial charge in [0.2, 0.25) is 5.91 Å². The maximum absolute atomic E-state index is 12.9. The van der Waals surface area contributed by atoms with E-state index in [1.165, 1.54) is 6.42 Å². The van der Waals surface area contributed by atoms with Crippen LogP contribution in [0.25, 0.3) is 0 Å². The number of hydrogen-bond donors (Lipinski definition) is 1. The number of carbonyl (C=O) groups is 1. The van der Waals surface area contributed by atoms with Crippen LogP contribution >= 0.6 is 0 Å². The summed E-state index contributed by atoms with van der Waals surface area (Å²) in [6, 6.07) is 0.323. The van der Waals surface area contributed by atoms with Crippen LogP contribution in [0, 0.1) is 11.8 Å². The van der Waals surface area contributed by atoms with E-state index in [9.17, 15) is 9.18 Å². The van der Waals surface area contributed by atoms with Crippen LogP contribution in [0.15, 0.2) is 0 Å². The first kappa shape index (κ1) is 9.58. The summed E-state index contributed by atoms with van der Waals surface area (Å²) in [4.78, 5) is 13.9. The minimum Gasteiger partial charge on any atom is -0.338 e. The first-order valence-corrected chi connectivity index (χ1v) is 5.91. The Kier molecular flexibility index (Phi) is 2.20. The van der Waals surface area contributed by atoms with Crippen LogP contribution in [-0.4, -0.2) is 42.7 Å². The molecule has 4 rings (SSSR count). The molecule has 4 fully saturated rings. The third kappa shape index (κ3) is 1.65. The topological polar surface area (TPSA) is 32.3 Å². The zero-order chi connectivity index (χ0) is 10.4. The maximum atomic E-state index is 12.9. The standard InChI is InChI=1S/C11H17FN2O/c12-10-3-9(10)11(15)14-6-7-1-2-8(14)5-13-4-7/h7-10,13H,1-6H2/t7-,8?,9?,10+/m0/s1. The molecule has 0 aromatic carbocycles.